The smallest absolute Gasteiger partial charge is 0.299 e. The molecular weight excluding hydrogens is 429 g/mol. The Morgan fingerprint density at radius 2 is 1.10 bits per heavy atom. The van der Waals surface area contributed by atoms with Gasteiger partial charge in [0.15, 0.2) is 0 Å². The molecule has 12 heteroatoms. The number of carbonyl (C=O) groups excluding carboxylic acids is 1. The van der Waals surface area contributed by atoms with E-state index in [1.54, 1.807) is 12.4 Å². The Kier molecular flexibility index (Phi) is 29.0. The largest absolute Gasteiger partial charge is 0.499 e. The minimum atomic E-state index is -0.273. The first-order valence-electron chi connectivity index (χ1n) is 7.74. The van der Waals surface area contributed by atoms with E-state index < -0.39 is 0 Å². The molecule has 11 nitrogen and oxygen atoms in total. The van der Waals surface area contributed by atoms with Crippen molar-refractivity contribution in [2.24, 2.45) is 20.6 Å². The van der Waals surface area contributed by atoms with Crippen LogP contribution in [0.25, 0.3) is 0 Å². The van der Waals surface area contributed by atoms with Crippen molar-refractivity contribution in [2.75, 3.05) is 6.61 Å². The summed E-state index contributed by atoms with van der Waals surface area (Å²) in [6.07, 6.45) is 3.50. The zero-order chi connectivity index (χ0) is 22.4. The molecule has 0 bridgehead atoms. The van der Waals surface area contributed by atoms with Crippen molar-refractivity contribution in [1.29, 1.82) is 0 Å². The molecule has 1 aromatic heterocycles. The number of hydrogen-bond acceptors (Lipinski definition) is 11. The Labute approximate surface area is 180 Å². The van der Waals surface area contributed by atoms with Gasteiger partial charge in [-0.2, -0.15) is 0 Å². The van der Waals surface area contributed by atoms with E-state index in [-0.39, 0.29) is 29.4 Å². The Morgan fingerprint density at radius 1 is 0.793 bits per heavy atom. The van der Waals surface area contributed by atoms with Gasteiger partial charge in [-0.15, -0.1) is 0 Å². The third kappa shape index (κ3) is 27.3. The van der Waals surface area contributed by atoms with Crippen LogP contribution in [0.3, 0.4) is 0 Å². The van der Waals surface area contributed by atoms with E-state index in [1.165, 1.54) is 34.6 Å². The summed E-state index contributed by atoms with van der Waals surface area (Å²) in [6, 6.07) is 5.72. The van der Waals surface area contributed by atoms with Crippen LogP contribution in [0.5, 0.6) is 0 Å². The summed E-state index contributed by atoms with van der Waals surface area (Å²) in [7, 11) is 0. The number of nitrogens with zero attached hydrogens (tertiary/aromatic N) is 5. The molecule has 1 radical (unpaired) electrons. The van der Waals surface area contributed by atoms with Crippen molar-refractivity contribution in [3.05, 3.63) is 37.5 Å². The topological polar surface area (TPSA) is 170 Å². The fourth-order valence-electron chi connectivity index (χ4n) is 0.746. The summed E-state index contributed by atoms with van der Waals surface area (Å²) in [5.74, 6) is -0.273. The molecule has 0 aromatic carbocycles. The van der Waals surface area contributed by atoms with Gasteiger partial charge in [0.05, 0.1) is 0 Å². The van der Waals surface area contributed by atoms with Crippen LogP contribution < -0.4 is 0 Å². The predicted molar refractivity (Wildman–Crippen MR) is 106 cm³/mol. The van der Waals surface area contributed by atoms with Gasteiger partial charge >= 0.3 is 0 Å². The molecule has 0 unspecified atom stereocenters. The predicted octanol–water partition coefficient (Wildman–Crippen LogP) is 2.84. The summed E-state index contributed by atoms with van der Waals surface area (Å²) in [5.41, 5.74) is 1.25. The minimum Gasteiger partial charge on any atom is -0.499 e. The van der Waals surface area contributed by atoms with Gasteiger partial charge in [0.2, 0.25) is 0 Å². The molecule has 0 aliphatic heterocycles. The van der Waals surface area contributed by atoms with Crippen LogP contribution in [-0.2, 0) is 26.3 Å². The number of ether oxygens (including phenoxy) is 1. The maximum Gasteiger partial charge on any atom is 0.299 e. The number of carbonyl (C=O) groups is 1. The van der Waals surface area contributed by atoms with Gasteiger partial charge < -0.3 is 32.5 Å². The van der Waals surface area contributed by atoms with Gasteiger partial charge in [-0.25, -0.2) is 0 Å². The SMILES string of the molecule is CC(=N\O)/C(C)=N/O.CC(=N\O)/C(C)=N/O.[CH2-]COC(C)=O.[Co].c1ccncc1. The first kappa shape index (κ1) is 33.6. The number of esters is 1. The average molecular weight is 457 g/mol. The van der Waals surface area contributed by atoms with Gasteiger partial charge in [0, 0.05) is 36.1 Å². The van der Waals surface area contributed by atoms with E-state index in [9.17, 15) is 4.79 Å². The minimum absolute atomic E-state index is 0. The van der Waals surface area contributed by atoms with E-state index in [1.807, 2.05) is 18.2 Å². The number of oxime groups is 4. The molecule has 0 aliphatic rings. The molecular formula is C17H28CoN5O6-. The summed E-state index contributed by atoms with van der Waals surface area (Å²) >= 11 is 0. The molecule has 1 aromatic rings. The van der Waals surface area contributed by atoms with Gasteiger partial charge in [-0.05, 0) is 46.4 Å². The molecule has 0 amide bonds. The second-order valence-electron chi connectivity index (χ2n) is 4.61. The number of aromatic nitrogens is 1. The molecule has 0 spiro atoms. The van der Waals surface area contributed by atoms with E-state index in [4.69, 9.17) is 20.8 Å². The maximum absolute atomic E-state index is 9.78. The maximum atomic E-state index is 9.78. The second kappa shape index (κ2) is 25.0. The Morgan fingerprint density at radius 3 is 1.17 bits per heavy atom. The van der Waals surface area contributed by atoms with Crippen LogP contribution in [0, 0.1) is 6.92 Å². The number of rotatable bonds is 3. The Hall–Kier alpha value is -2.99. The molecule has 167 valence electrons. The van der Waals surface area contributed by atoms with Crippen molar-refractivity contribution in [3.63, 3.8) is 0 Å². The first-order valence-corrected chi connectivity index (χ1v) is 7.74. The van der Waals surface area contributed by atoms with Crippen LogP contribution in [-0.4, -0.2) is 61.2 Å². The molecule has 4 N–H and O–H groups in total. The van der Waals surface area contributed by atoms with Crippen molar-refractivity contribution in [2.45, 2.75) is 34.6 Å². The van der Waals surface area contributed by atoms with Crippen LogP contribution in [0.15, 0.2) is 51.2 Å². The van der Waals surface area contributed by atoms with Crippen molar-refractivity contribution in [3.8, 4) is 0 Å². The third-order valence-electron chi connectivity index (χ3n) is 2.52. The second-order valence-corrected chi connectivity index (χ2v) is 4.61. The van der Waals surface area contributed by atoms with Gasteiger partial charge in [-0.1, -0.05) is 26.7 Å². The molecule has 1 heterocycles. The molecule has 1 rings (SSSR count). The molecule has 29 heavy (non-hydrogen) atoms. The quantitative estimate of drug-likeness (QED) is 0.178. The normalized spacial score (nSPS) is 11.1. The van der Waals surface area contributed by atoms with Crippen LogP contribution in [0.2, 0.25) is 0 Å². The fourth-order valence-corrected chi connectivity index (χ4v) is 0.746. The summed E-state index contributed by atoms with van der Waals surface area (Å²) in [4.78, 5) is 13.6. The zero-order valence-corrected chi connectivity index (χ0v) is 18.0. The van der Waals surface area contributed by atoms with Crippen molar-refractivity contribution >= 4 is 28.8 Å². The Balaban J connectivity index is -0.000000143. The Bertz CT molecular complexity index is 546. The molecule has 0 atom stereocenters. The van der Waals surface area contributed by atoms with Gasteiger partial charge in [-0.3, -0.25) is 9.78 Å². The van der Waals surface area contributed by atoms with Crippen LogP contribution >= 0.6 is 0 Å². The van der Waals surface area contributed by atoms with Crippen LogP contribution in [0.4, 0.5) is 0 Å². The van der Waals surface area contributed by atoms with E-state index in [0.717, 1.165) is 0 Å². The van der Waals surface area contributed by atoms with Crippen molar-refractivity contribution in [1.82, 2.24) is 4.98 Å². The zero-order valence-electron chi connectivity index (χ0n) is 17.0. The molecule has 0 fully saturated rings. The van der Waals surface area contributed by atoms with Crippen LogP contribution in [0.1, 0.15) is 34.6 Å². The monoisotopic (exact) mass is 457 g/mol. The number of pyridine rings is 1. The van der Waals surface area contributed by atoms with Gasteiger partial charge in [0.1, 0.15) is 22.8 Å². The average Bonchev–Trinajstić information content (AvgIpc) is 2.73. The summed E-state index contributed by atoms with van der Waals surface area (Å²) in [5, 5.41) is 43.3. The van der Waals surface area contributed by atoms with E-state index in [0.29, 0.717) is 22.8 Å². The van der Waals surface area contributed by atoms with E-state index >= 15 is 0 Å². The van der Waals surface area contributed by atoms with Crippen molar-refractivity contribution < 1.29 is 47.1 Å². The fraction of sp³-hybridized carbons (Fsp3) is 0.353. The summed E-state index contributed by atoms with van der Waals surface area (Å²) < 4.78 is 4.29. The van der Waals surface area contributed by atoms with Gasteiger partial charge in [0.25, 0.3) is 5.97 Å². The first-order chi connectivity index (χ1) is 13.2. The van der Waals surface area contributed by atoms with E-state index in [2.05, 4.69) is 37.3 Å². The number of hydrogen-bond donors (Lipinski definition) is 4. The molecule has 0 aliphatic carbocycles. The molecule has 0 saturated carbocycles. The molecule has 0 saturated heterocycles. The standard InChI is InChI=1S/C5H5N.2C4H8N2O2.C4H7O2.Co/c1-2-4-6-5-3-1;2*1-3(5-7)4(2)6-8;1-3-6-4(2)5;/h1-5H;2*7-8H,1-2H3;1,3H2,2H3;/q;;;-1;/b;2*5-3+,6-4+;;. The third-order valence-corrected chi connectivity index (χ3v) is 2.52. The summed E-state index contributed by atoms with van der Waals surface area (Å²) in [6.45, 7) is 11.0.